The van der Waals surface area contributed by atoms with Crippen LogP contribution in [0.2, 0.25) is 0 Å². The van der Waals surface area contributed by atoms with Gasteiger partial charge in [0.05, 0.1) is 18.5 Å². The second kappa shape index (κ2) is 3.99. The third kappa shape index (κ3) is 1.54. The Kier molecular flexibility index (Phi) is 2.53. The lowest BCUT2D eigenvalue weighted by Gasteiger charge is -2.29. The van der Waals surface area contributed by atoms with Crippen molar-refractivity contribution in [2.45, 2.75) is 31.1 Å². The number of imidazole rings is 1. The summed E-state index contributed by atoms with van der Waals surface area (Å²) in [6, 6.07) is 0. The third-order valence-corrected chi connectivity index (χ3v) is 3.83. The number of carbonyl (C=O) groups excluding carboxylic acids is 3. The molecule has 1 saturated heterocycles. The minimum atomic E-state index is -0.967. The fourth-order valence-corrected chi connectivity index (χ4v) is 2.87. The number of aliphatic hydroxyl groups is 1. The Morgan fingerprint density at radius 1 is 1.42 bits per heavy atom. The van der Waals surface area contributed by atoms with E-state index in [2.05, 4.69) is 10.3 Å². The monoisotopic (exact) mass is 263 g/mol. The zero-order valence-electron chi connectivity index (χ0n) is 10.2. The Morgan fingerprint density at radius 3 is 2.89 bits per heavy atom. The summed E-state index contributed by atoms with van der Waals surface area (Å²) in [5, 5.41) is 11.2. The number of aliphatic hydroxyl groups excluding tert-OH is 1. The van der Waals surface area contributed by atoms with Gasteiger partial charge in [0.2, 0.25) is 17.7 Å². The number of rotatable bonds is 2. The van der Waals surface area contributed by atoms with Crippen molar-refractivity contribution in [3.05, 3.63) is 17.7 Å². The molecule has 2 aliphatic rings. The molecule has 0 bridgehead atoms. The maximum atomic E-state index is 12.1. The normalized spacial score (nSPS) is 25.8. The van der Waals surface area contributed by atoms with Gasteiger partial charge < -0.3 is 5.11 Å². The van der Waals surface area contributed by atoms with Crippen molar-refractivity contribution in [1.82, 2.24) is 14.9 Å². The number of imide groups is 1. The van der Waals surface area contributed by atoms with Gasteiger partial charge in [0.15, 0.2) is 0 Å². The summed E-state index contributed by atoms with van der Waals surface area (Å²) in [5.41, 5.74) is -0.433. The van der Waals surface area contributed by atoms with Gasteiger partial charge in [0, 0.05) is 19.3 Å². The number of carbonyl (C=O) groups is 3. The van der Waals surface area contributed by atoms with Gasteiger partial charge in [-0.05, 0) is 6.42 Å². The largest absolute Gasteiger partial charge is 0.396 e. The van der Waals surface area contributed by atoms with Crippen LogP contribution in [0.1, 0.15) is 35.6 Å². The molecule has 100 valence electrons. The van der Waals surface area contributed by atoms with E-state index in [1.54, 1.807) is 0 Å². The van der Waals surface area contributed by atoms with Crippen molar-refractivity contribution in [3.63, 3.8) is 0 Å². The molecule has 7 nitrogen and oxygen atoms in total. The SMILES string of the molecule is O=C1CCC2(CC(=O)n3c2cnc3CCO)C(=O)N1. The van der Waals surface area contributed by atoms with Crippen LogP contribution in [0.25, 0.3) is 0 Å². The zero-order valence-corrected chi connectivity index (χ0v) is 10.2. The number of hydrogen-bond acceptors (Lipinski definition) is 5. The molecule has 7 heteroatoms. The minimum Gasteiger partial charge on any atom is -0.396 e. The highest BCUT2D eigenvalue weighted by Crippen LogP contribution is 2.41. The molecule has 1 fully saturated rings. The number of amides is 2. The summed E-state index contributed by atoms with van der Waals surface area (Å²) in [6.45, 7) is -0.110. The number of fused-ring (bicyclic) bond motifs is 2. The molecule has 1 spiro atoms. The van der Waals surface area contributed by atoms with E-state index >= 15 is 0 Å². The number of nitrogens with one attached hydrogen (secondary N) is 1. The summed E-state index contributed by atoms with van der Waals surface area (Å²) >= 11 is 0. The highest BCUT2D eigenvalue weighted by Gasteiger charge is 2.53. The van der Waals surface area contributed by atoms with Crippen molar-refractivity contribution in [3.8, 4) is 0 Å². The van der Waals surface area contributed by atoms with Crippen LogP contribution in [0.3, 0.4) is 0 Å². The molecule has 3 heterocycles. The minimum absolute atomic E-state index is 0.0579. The molecular formula is C12H13N3O4. The molecule has 1 aromatic rings. The molecule has 1 atom stereocenters. The molecule has 0 radical (unpaired) electrons. The predicted octanol–water partition coefficient (Wildman–Crippen LogP) is -0.864. The molecule has 2 amide bonds. The lowest BCUT2D eigenvalue weighted by atomic mass is 9.76. The maximum Gasteiger partial charge on any atom is 0.239 e. The second-order valence-electron chi connectivity index (χ2n) is 4.90. The highest BCUT2D eigenvalue weighted by atomic mass is 16.3. The average Bonchev–Trinajstić information content (AvgIpc) is 2.88. The van der Waals surface area contributed by atoms with Crippen LogP contribution in [0.4, 0.5) is 0 Å². The van der Waals surface area contributed by atoms with Crippen LogP contribution in [0.15, 0.2) is 6.20 Å². The van der Waals surface area contributed by atoms with E-state index in [4.69, 9.17) is 5.11 Å². The molecule has 0 aliphatic carbocycles. The number of piperidine rings is 1. The average molecular weight is 263 g/mol. The van der Waals surface area contributed by atoms with E-state index in [-0.39, 0.29) is 37.7 Å². The van der Waals surface area contributed by atoms with Gasteiger partial charge in [-0.3, -0.25) is 24.3 Å². The van der Waals surface area contributed by atoms with Crippen molar-refractivity contribution < 1.29 is 19.5 Å². The fraction of sp³-hybridized carbons (Fsp3) is 0.500. The van der Waals surface area contributed by atoms with Gasteiger partial charge in [0.1, 0.15) is 11.2 Å². The molecule has 1 unspecified atom stereocenters. The van der Waals surface area contributed by atoms with E-state index < -0.39 is 11.3 Å². The Hall–Kier alpha value is -2.02. The summed E-state index contributed by atoms with van der Waals surface area (Å²) in [4.78, 5) is 39.6. The van der Waals surface area contributed by atoms with Crippen LogP contribution < -0.4 is 5.32 Å². The van der Waals surface area contributed by atoms with Crippen LogP contribution in [-0.2, 0) is 21.4 Å². The van der Waals surface area contributed by atoms with Crippen molar-refractivity contribution in [1.29, 1.82) is 0 Å². The van der Waals surface area contributed by atoms with Gasteiger partial charge in [-0.15, -0.1) is 0 Å². The topological polar surface area (TPSA) is 101 Å². The zero-order chi connectivity index (χ0) is 13.6. The number of hydrogen-bond donors (Lipinski definition) is 2. The molecule has 0 aromatic carbocycles. The van der Waals surface area contributed by atoms with Crippen LogP contribution in [0.5, 0.6) is 0 Å². The molecule has 2 aliphatic heterocycles. The maximum absolute atomic E-state index is 12.1. The first-order chi connectivity index (χ1) is 9.08. The van der Waals surface area contributed by atoms with Crippen LogP contribution in [-0.4, -0.2) is 39.0 Å². The van der Waals surface area contributed by atoms with Crippen molar-refractivity contribution in [2.24, 2.45) is 0 Å². The van der Waals surface area contributed by atoms with Gasteiger partial charge in [-0.2, -0.15) is 0 Å². The Labute approximate surface area is 108 Å². The lowest BCUT2D eigenvalue weighted by molar-refractivity contribution is -0.137. The lowest BCUT2D eigenvalue weighted by Crippen LogP contribution is -2.50. The van der Waals surface area contributed by atoms with E-state index in [1.807, 2.05) is 0 Å². The first-order valence-electron chi connectivity index (χ1n) is 6.14. The van der Waals surface area contributed by atoms with E-state index in [0.717, 1.165) is 0 Å². The fourth-order valence-electron chi connectivity index (χ4n) is 2.87. The van der Waals surface area contributed by atoms with Gasteiger partial charge >= 0.3 is 0 Å². The number of nitrogens with zero attached hydrogens (tertiary/aromatic N) is 2. The Morgan fingerprint density at radius 2 is 2.21 bits per heavy atom. The van der Waals surface area contributed by atoms with Gasteiger partial charge in [-0.25, -0.2) is 4.98 Å². The van der Waals surface area contributed by atoms with Gasteiger partial charge in [-0.1, -0.05) is 0 Å². The summed E-state index contributed by atoms with van der Waals surface area (Å²) in [7, 11) is 0. The molecular weight excluding hydrogens is 250 g/mol. The first kappa shape index (κ1) is 12.0. The quantitative estimate of drug-likeness (QED) is 0.676. The summed E-state index contributed by atoms with van der Waals surface area (Å²) in [6.07, 6.45) is 2.38. The molecule has 1 aromatic heterocycles. The number of aromatic nitrogens is 2. The molecule has 2 N–H and O–H groups in total. The van der Waals surface area contributed by atoms with Gasteiger partial charge in [0.25, 0.3) is 0 Å². The Bertz CT molecular complexity index is 592. The summed E-state index contributed by atoms with van der Waals surface area (Å²) < 4.78 is 1.41. The van der Waals surface area contributed by atoms with E-state index in [0.29, 0.717) is 17.9 Å². The van der Waals surface area contributed by atoms with Crippen LogP contribution >= 0.6 is 0 Å². The third-order valence-electron chi connectivity index (χ3n) is 3.83. The van der Waals surface area contributed by atoms with E-state index in [1.165, 1.54) is 10.8 Å². The van der Waals surface area contributed by atoms with Crippen molar-refractivity contribution in [2.75, 3.05) is 6.61 Å². The molecule has 3 rings (SSSR count). The molecule has 0 saturated carbocycles. The predicted molar refractivity (Wildman–Crippen MR) is 62.3 cm³/mol. The first-order valence-corrected chi connectivity index (χ1v) is 6.14. The second-order valence-corrected chi connectivity index (χ2v) is 4.90. The van der Waals surface area contributed by atoms with E-state index in [9.17, 15) is 14.4 Å². The smallest absolute Gasteiger partial charge is 0.239 e. The van der Waals surface area contributed by atoms with Crippen molar-refractivity contribution >= 4 is 17.7 Å². The molecule has 19 heavy (non-hydrogen) atoms. The highest BCUT2D eigenvalue weighted by molar-refractivity contribution is 6.07. The Balaban J connectivity index is 2.07. The van der Waals surface area contributed by atoms with Crippen LogP contribution in [0, 0.1) is 0 Å². The summed E-state index contributed by atoms with van der Waals surface area (Å²) in [5.74, 6) is -0.479. The standard InChI is InChI=1S/C12H13N3O4/c16-4-2-8-13-6-7-12(5-10(18)15(7)8)3-1-9(17)14-11(12)19/h6,16H,1-5H2,(H,14,17,19).